The number of aldehydes is 1. The average molecular weight is 175 g/mol. The third-order valence-corrected chi connectivity index (χ3v) is 2.14. The largest absolute Gasteiger partial charge is 0.506 e. The second-order valence-corrected chi connectivity index (χ2v) is 3.03. The smallest absolute Gasteiger partial charge is 0.166 e. The monoisotopic (exact) mass is 175 g/mol. The second-order valence-electron chi connectivity index (χ2n) is 3.03. The SMILES string of the molecule is Cc1ccc(O)c2[nH]c(C=O)cc12. The topological polar surface area (TPSA) is 53.1 Å². The van der Waals surface area contributed by atoms with Crippen molar-refractivity contribution < 1.29 is 9.90 Å². The Morgan fingerprint density at radius 2 is 2.23 bits per heavy atom. The molecule has 1 aromatic carbocycles. The summed E-state index contributed by atoms with van der Waals surface area (Å²) in [7, 11) is 0. The van der Waals surface area contributed by atoms with Gasteiger partial charge < -0.3 is 10.1 Å². The van der Waals surface area contributed by atoms with Crippen molar-refractivity contribution >= 4 is 17.2 Å². The molecule has 0 atom stereocenters. The number of phenolic OH excluding ortho intramolecular Hbond substituents is 1. The van der Waals surface area contributed by atoms with Gasteiger partial charge in [0, 0.05) is 5.39 Å². The number of hydrogen-bond acceptors (Lipinski definition) is 2. The molecule has 0 amide bonds. The van der Waals surface area contributed by atoms with Crippen LogP contribution in [0.25, 0.3) is 10.9 Å². The molecule has 0 bridgehead atoms. The zero-order chi connectivity index (χ0) is 9.42. The molecule has 0 unspecified atom stereocenters. The summed E-state index contributed by atoms with van der Waals surface area (Å²) in [5.74, 6) is 0.175. The maximum absolute atomic E-state index is 10.5. The molecular formula is C10H9NO2. The second kappa shape index (κ2) is 2.62. The molecular weight excluding hydrogens is 166 g/mol. The van der Waals surface area contributed by atoms with E-state index in [2.05, 4.69) is 4.98 Å². The lowest BCUT2D eigenvalue weighted by Gasteiger charge is -1.97. The summed E-state index contributed by atoms with van der Waals surface area (Å²) in [6.07, 6.45) is 0.735. The molecule has 0 saturated heterocycles. The Bertz CT molecular complexity index is 432. The number of phenols is 1. The molecule has 0 spiro atoms. The Morgan fingerprint density at radius 3 is 2.85 bits per heavy atom. The lowest BCUT2D eigenvalue weighted by Crippen LogP contribution is -1.76. The molecule has 2 rings (SSSR count). The number of H-pyrrole nitrogens is 1. The third kappa shape index (κ3) is 1.09. The van der Waals surface area contributed by atoms with Crippen LogP contribution in [0.3, 0.4) is 0 Å². The minimum atomic E-state index is 0.175. The highest BCUT2D eigenvalue weighted by molar-refractivity contribution is 5.93. The summed E-state index contributed by atoms with van der Waals surface area (Å²) in [5, 5.41) is 10.3. The van der Waals surface area contributed by atoms with Crippen LogP contribution in [-0.2, 0) is 0 Å². The fourth-order valence-corrected chi connectivity index (χ4v) is 1.43. The van der Waals surface area contributed by atoms with Crippen LogP contribution in [0.5, 0.6) is 5.75 Å². The first-order valence-electron chi connectivity index (χ1n) is 3.99. The standard InChI is InChI=1S/C10H9NO2/c1-6-2-3-9(13)10-8(6)4-7(5-12)11-10/h2-5,11,13H,1H3. The number of carbonyl (C=O) groups excluding carboxylic acids is 1. The Morgan fingerprint density at radius 1 is 1.46 bits per heavy atom. The van der Waals surface area contributed by atoms with Crippen molar-refractivity contribution in [2.45, 2.75) is 6.92 Å². The van der Waals surface area contributed by atoms with E-state index in [4.69, 9.17) is 0 Å². The number of fused-ring (bicyclic) bond motifs is 1. The number of aromatic nitrogens is 1. The number of hydrogen-bond donors (Lipinski definition) is 2. The maximum Gasteiger partial charge on any atom is 0.166 e. The third-order valence-electron chi connectivity index (χ3n) is 2.14. The van der Waals surface area contributed by atoms with Crippen LogP contribution >= 0.6 is 0 Å². The highest BCUT2D eigenvalue weighted by Crippen LogP contribution is 2.26. The van der Waals surface area contributed by atoms with E-state index in [0.717, 1.165) is 17.2 Å². The molecule has 2 aromatic rings. The fourth-order valence-electron chi connectivity index (χ4n) is 1.43. The average Bonchev–Trinajstić information content (AvgIpc) is 2.56. The maximum atomic E-state index is 10.5. The summed E-state index contributed by atoms with van der Waals surface area (Å²) in [6.45, 7) is 1.93. The molecule has 0 saturated carbocycles. The summed E-state index contributed by atoms with van der Waals surface area (Å²) < 4.78 is 0. The quantitative estimate of drug-likeness (QED) is 0.651. The van der Waals surface area contributed by atoms with E-state index in [9.17, 15) is 9.90 Å². The van der Waals surface area contributed by atoms with Gasteiger partial charge >= 0.3 is 0 Å². The molecule has 1 aromatic heterocycles. The van der Waals surface area contributed by atoms with Gasteiger partial charge in [0.25, 0.3) is 0 Å². The fraction of sp³-hybridized carbons (Fsp3) is 0.100. The van der Waals surface area contributed by atoms with Crippen LogP contribution in [0.2, 0.25) is 0 Å². The number of carbonyl (C=O) groups is 1. The number of aryl methyl sites for hydroxylation is 1. The molecule has 0 aliphatic carbocycles. The zero-order valence-electron chi connectivity index (χ0n) is 7.16. The highest BCUT2D eigenvalue weighted by atomic mass is 16.3. The van der Waals surface area contributed by atoms with Gasteiger partial charge in [0.05, 0.1) is 11.2 Å². The number of benzene rings is 1. The van der Waals surface area contributed by atoms with Gasteiger partial charge in [0.2, 0.25) is 0 Å². The van der Waals surface area contributed by atoms with Crippen molar-refractivity contribution in [2.24, 2.45) is 0 Å². The van der Waals surface area contributed by atoms with E-state index in [-0.39, 0.29) is 5.75 Å². The van der Waals surface area contributed by atoms with Gasteiger partial charge in [0.1, 0.15) is 5.75 Å². The van der Waals surface area contributed by atoms with Gasteiger partial charge in [-0.05, 0) is 24.6 Å². The predicted molar refractivity (Wildman–Crippen MR) is 50.1 cm³/mol. The van der Waals surface area contributed by atoms with Crippen molar-refractivity contribution in [1.82, 2.24) is 4.98 Å². The molecule has 0 aliphatic rings. The summed E-state index contributed by atoms with van der Waals surface area (Å²) >= 11 is 0. The van der Waals surface area contributed by atoms with Gasteiger partial charge in [-0.15, -0.1) is 0 Å². The molecule has 3 heteroatoms. The van der Waals surface area contributed by atoms with Crippen molar-refractivity contribution in [3.05, 3.63) is 29.5 Å². The highest BCUT2D eigenvalue weighted by Gasteiger charge is 2.05. The minimum Gasteiger partial charge on any atom is -0.506 e. The lowest BCUT2D eigenvalue weighted by molar-refractivity contribution is 0.112. The van der Waals surface area contributed by atoms with Crippen LogP contribution in [0.1, 0.15) is 16.1 Å². The Kier molecular flexibility index (Phi) is 1.59. The molecule has 13 heavy (non-hydrogen) atoms. The van der Waals surface area contributed by atoms with Crippen LogP contribution in [0.4, 0.5) is 0 Å². The van der Waals surface area contributed by atoms with Crippen LogP contribution in [0, 0.1) is 6.92 Å². The first kappa shape index (κ1) is 7.86. The Hall–Kier alpha value is -1.77. The van der Waals surface area contributed by atoms with E-state index in [1.165, 1.54) is 0 Å². The number of aromatic hydroxyl groups is 1. The molecule has 1 heterocycles. The van der Waals surface area contributed by atoms with E-state index < -0.39 is 0 Å². The normalized spacial score (nSPS) is 10.5. The molecule has 2 N–H and O–H groups in total. The van der Waals surface area contributed by atoms with Gasteiger partial charge in [0.15, 0.2) is 6.29 Å². The van der Waals surface area contributed by atoms with Crippen molar-refractivity contribution in [2.75, 3.05) is 0 Å². The molecule has 66 valence electrons. The summed E-state index contributed by atoms with van der Waals surface area (Å²) in [4.78, 5) is 13.3. The molecule has 0 fully saturated rings. The van der Waals surface area contributed by atoms with Crippen LogP contribution in [-0.4, -0.2) is 16.4 Å². The summed E-state index contributed by atoms with van der Waals surface area (Å²) in [6, 6.07) is 5.17. The lowest BCUT2D eigenvalue weighted by atomic mass is 10.1. The van der Waals surface area contributed by atoms with Crippen molar-refractivity contribution in [3.63, 3.8) is 0 Å². The molecule has 3 nitrogen and oxygen atoms in total. The first-order valence-corrected chi connectivity index (χ1v) is 3.99. The summed E-state index contributed by atoms with van der Waals surface area (Å²) in [5.41, 5.74) is 2.15. The Labute approximate surface area is 75.0 Å². The van der Waals surface area contributed by atoms with Crippen LogP contribution < -0.4 is 0 Å². The zero-order valence-corrected chi connectivity index (χ0v) is 7.16. The Balaban J connectivity index is 2.87. The van der Waals surface area contributed by atoms with E-state index in [1.807, 2.05) is 13.0 Å². The number of aromatic amines is 1. The van der Waals surface area contributed by atoms with Crippen LogP contribution in [0.15, 0.2) is 18.2 Å². The van der Waals surface area contributed by atoms with Crippen molar-refractivity contribution in [3.8, 4) is 5.75 Å². The number of nitrogens with one attached hydrogen (secondary N) is 1. The van der Waals surface area contributed by atoms with Gasteiger partial charge in [-0.1, -0.05) is 6.07 Å². The molecule has 0 aliphatic heterocycles. The van der Waals surface area contributed by atoms with Gasteiger partial charge in [-0.3, -0.25) is 4.79 Å². The van der Waals surface area contributed by atoms with E-state index in [0.29, 0.717) is 11.2 Å². The van der Waals surface area contributed by atoms with E-state index >= 15 is 0 Å². The van der Waals surface area contributed by atoms with E-state index in [1.54, 1.807) is 12.1 Å². The number of rotatable bonds is 1. The van der Waals surface area contributed by atoms with Gasteiger partial charge in [-0.2, -0.15) is 0 Å². The molecule has 0 radical (unpaired) electrons. The first-order chi connectivity index (χ1) is 6.22. The predicted octanol–water partition coefficient (Wildman–Crippen LogP) is 1.99. The minimum absolute atomic E-state index is 0.175. The van der Waals surface area contributed by atoms with Gasteiger partial charge in [-0.25, -0.2) is 0 Å². The van der Waals surface area contributed by atoms with Crippen molar-refractivity contribution in [1.29, 1.82) is 0 Å².